The minimum atomic E-state index is -2.22. The molecule has 1 N–H and O–H groups in total. The molecule has 0 aliphatic heterocycles. The normalized spacial score (nSPS) is 12.1. The zero-order valence-electron chi connectivity index (χ0n) is 16.0. The summed E-state index contributed by atoms with van der Waals surface area (Å²) in [6, 6.07) is 4.93. The van der Waals surface area contributed by atoms with Crippen LogP contribution in [0.25, 0.3) is 6.08 Å². The monoisotopic (exact) mass is 464 g/mol. The molecule has 0 saturated carbocycles. The standard InChI is InChI=1S/C21H19Cl2F5N2/c1-2-3-4-5-6-13(9-7-12-8-10-14(22)15(23)11-12)29-30-21-19(27)17(25)16(24)18(26)20(21)28/h7-11,30H,2-6H2,1H3/b9-7?,29-13+. The second kappa shape index (κ2) is 11.3. The summed E-state index contributed by atoms with van der Waals surface area (Å²) in [7, 11) is 0. The molecule has 2 rings (SSSR count). The highest BCUT2D eigenvalue weighted by Crippen LogP contribution is 2.27. The maximum atomic E-state index is 13.8. The van der Waals surface area contributed by atoms with Gasteiger partial charge in [0.25, 0.3) is 0 Å². The molecule has 0 heterocycles. The van der Waals surface area contributed by atoms with Crippen LogP contribution in [-0.4, -0.2) is 5.71 Å². The zero-order valence-corrected chi connectivity index (χ0v) is 17.5. The fourth-order valence-electron chi connectivity index (χ4n) is 2.55. The van der Waals surface area contributed by atoms with E-state index in [9.17, 15) is 22.0 Å². The fourth-order valence-corrected chi connectivity index (χ4v) is 2.86. The molecular weight excluding hydrogens is 446 g/mol. The molecule has 0 spiro atoms. The van der Waals surface area contributed by atoms with E-state index in [1.54, 1.807) is 30.4 Å². The maximum Gasteiger partial charge on any atom is 0.200 e. The number of nitrogens with zero attached hydrogens (tertiary/aromatic N) is 1. The third-order valence-electron chi connectivity index (χ3n) is 4.22. The first-order chi connectivity index (χ1) is 14.3. The average molecular weight is 465 g/mol. The molecule has 0 unspecified atom stereocenters. The zero-order chi connectivity index (χ0) is 22.3. The van der Waals surface area contributed by atoms with Gasteiger partial charge in [-0.2, -0.15) is 5.10 Å². The van der Waals surface area contributed by atoms with E-state index in [1.165, 1.54) is 0 Å². The third kappa shape index (κ3) is 6.19. The minimum Gasteiger partial charge on any atom is -0.272 e. The highest BCUT2D eigenvalue weighted by atomic mass is 35.5. The van der Waals surface area contributed by atoms with Gasteiger partial charge in [0.05, 0.1) is 15.8 Å². The predicted octanol–water partition coefficient (Wildman–Crippen LogP) is 8.14. The van der Waals surface area contributed by atoms with Crippen molar-refractivity contribution in [2.75, 3.05) is 5.43 Å². The van der Waals surface area contributed by atoms with Crippen molar-refractivity contribution in [3.63, 3.8) is 0 Å². The van der Waals surface area contributed by atoms with Crippen LogP contribution in [0.1, 0.15) is 44.6 Å². The van der Waals surface area contributed by atoms with Crippen LogP contribution < -0.4 is 5.43 Å². The lowest BCUT2D eigenvalue weighted by molar-refractivity contribution is 0.381. The first-order valence-electron chi connectivity index (χ1n) is 9.23. The Kier molecular flexibility index (Phi) is 9.11. The van der Waals surface area contributed by atoms with Gasteiger partial charge in [0.1, 0.15) is 5.69 Å². The molecule has 0 aliphatic carbocycles. The second-order valence-electron chi connectivity index (χ2n) is 6.48. The van der Waals surface area contributed by atoms with E-state index in [2.05, 4.69) is 5.10 Å². The summed E-state index contributed by atoms with van der Waals surface area (Å²) in [6.45, 7) is 2.05. The Bertz CT molecular complexity index is 932. The second-order valence-corrected chi connectivity index (χ2v) is 7.29. The van der Waals surface area contributed by atoms with Crippen LogP contribution in [0.3, 0.4) is 0 Å². The lowest BCUT2D eigenvalue weighted by atomic mass is 10.1. The van der Waals surface area contributed by atoms with Gasteiger partial charge in [0.2, 0.25) is 5.82 Å². The van der Waals surface area contributed by atoms with Crippen molar-refractivity contribution in [3.8, 4) is 0 Å². The van der Waals surface area contributed by atoms with Crippen LogP contribution in [0.2, 0.25) is 10.0 Å². The van der Waals surface area contributed by atoms with Crippen molar-refractivity contribution in [3.05, 3.63) is 69.0 Å². The molecule has 2 nitrogen and oxygen atoms in total. The van der Waals surface area contributed by atoms with Crippen LogP contribution in [-0.2, 0) is 0 Å². The molecule has 0 fully saturated rings. The molecule has 0 aliphatic rings. The van der Waals surface area contributed by atoms with Gasteiger partial charge in [0, 0.05) is 0 Å². The van der Waals surface area contributed by atoms with E-state index < -0.39 is 34.8 Å². The Morgan fingerprint density at radius 2 is 1.53 bits per heavy atom. The number of hydrogen-bond donors (Lipinski definition) is 1. The first-order valence-corrected chi connectivity index (χ1v) is 9.99. The molecule has 0 bridgehead atoms. The molecule has 30 heavy (non-hydrogen) atoms. The number of rotatable bonds is 9. The quantitative estimate of drug-likeness (QED) is 0.0992. The third-order valence-corrected chi connectivity index (χ3v) is 4.96. The molecule has 9 heteroatoms. The smallest absolute Gasteiger partial charge is 0.200 e. The highest BCUT2D eigenvalue weighted by molar-refractivity contribution is 6.42. The van der Waals surface area contributed by atoms with Crippen LogP contribution >= 0.6 is 23.2 Å². The topological polar surface area (TPSA) is 24.4 Å². The van der Waals surface area contributed by atoms with Crippen molar-refractivity contribution in [1.29, 1.82) is 0 Å². The van der Waals surface area contributed by atoms with Gasteiger partial charge in [-0.05, 0) is 36.6 Å². The van der Waals surface area contributed by atoms with Gasteiger partial charge in [-0.3, -0.25) is 5.43 Å². The summed E-state index contributed by atoms with van der Waals surface area (Å²) in [5.74, 6) is -10.3. The lowest BCUT2D eigenvalue weighted by Gasteiger charge is -2.09. The lowest BCUT2D eigenvalue weighted by Crippen LogP contribution is -2.08. The first kappa shape index (κ1) is 24.2. The van der Waals surface area contributed by atoms with Gasteiger partial charge in [0.15, 0.2) is 23.3 Å². The van der Waals surface area contributed by atoms with Gasteiger partial charge in [-0.1, -0.05) is 61.5 Å². The molecule has 0 amide bonds. The van der Waals surface area contributed by atoms with Crippen molar-refractivity contribution in [1.82, 2.24) is 0 Å². The Hall–Kier alpha value is -2.12. The summed E-state index contributed by atoms with van der Waals surface area (Å²) in [4.78, 5) is 0. The summed E-state index contributed by atoms with van der Waals surface area (Å²) in [5, 5.41) is 4.60. The average Bonchev–Trinajstić information content (AvgIpc) is 2.73. The van der Waals surface area contributed by atoms with Crippen LogP contribution in [0.15, 0.2) is 29.4 Å². The van der Waals surface area contributed by atoms with Gasteiger partial charge >= 0.3 is 0 Å². The summed E-state index contributed by atoms with van der Waals surface area (Å²) in [6.07, 6.45) is 7.30. The fraction of sp³-hybridized carbons (Fsp3) is 0.286. The Balaban J connectivity index is 2.29. The summed E-state index contributed by atoms with van der Waals surface area (Å²) < 4.78 is 67.6. The number of allylic oxidation sites excluding steroid dienone is 1. The maximum absolute atomic E-state index is 13.8. The number of halogens is 7. The number of benzene rings is 2. The molecule has 2 aromatic carbocycles. The van der Waals surface area contributed by atoms with E-state index in [0.717, 1.165) is 25.7 Å². The summed E-state index contributed by atoms with van der Waals surface area (Å²) >= 11 is 11.8. The molecule has 0 radical (unpaired) electrons. The summed E-state index contributed by atoms with van der Waals surface area (Å²) in [5.41, 5.74) is 1.83. The van der Waals surface area contributed by atoms with Gasteiger partial charge in [-0.25, -0.2) is 22.0 Å². The van der Waals surface area contributed by atoms with E-state index in [1.807, 2.05) is 12.3 Å². The molecule has 162 valence electrons. The molecule has 0 aromatic heterocycles. The SMILES string of the molecule is CCCCCC/C(C=Cc1ccc(Cl)c(Cl)c1)=N\Nc1c(F)c(F)c(F)c(F)c1F. The van der Waals surface area contributed by atoms with E-state index in [0.29, 0.717) is 27.7 Å². The number of nitrogens with one attached hydrogen (secondary N) is 1. The van der Waals surface area contributed by atoms with Crippen LogP contribution in [0, 0.1) is 29.1 Å². The van der Waals surface area contributed by atoms with Crippen LogP contribution in [0.5, 0.6) is 0 Å². The molecule has 2 aromatic rings. The van der Waals surface area contributed by atoms with E-state index in [4.69, 9.17) is 23.2 Å². The Morgan fingerprint density at radius 3 is 2.13 bits per heavy atom. The number of unbranched alkanes of at least 4 members (excludes halogenated alkanes) is 3. The minimum absolute atomic E-state index is 0.347. The predicted molar refractivity (Wildman–Crippen MR) is 112 cm³/mol. The number of anilines is 1. The van der Waals surface area contributed by atoms with Crippen molar-refractivity contribution in [2.45, 2.75) is 39.0 Å². The Labute approximate surface area is 181 Å². The van der Waals surface area contributed by atoms with Crippen molar-refractivity contribution >= 4 is 40.7 Å². The van der Waals surface area contributed by atoms with E-state index >= 15 is 0 Å². The van der Waals surface area contributed by atoms with Crippen molar-refractivity contribution < 1.29 is 22.0 Å². The largest absolute Gasteiger partial charge is 0.272 e. The van der Waals surface area contributed by atoms with Gasteiger partial charge in [-0.15, -0.1) is 0 Å². The molecular formula is C21H19Cl2F5N2. The highest BCUT2D eigenvalue weighted by Gasteiger charge is 2.25. The number of hydrazone groups is 1. The molecule has 0 atom stereocenters. The Morgan fingerprint density at radius 1 is 0.900 bits per heavy atom. The van der Waals surface area contributed by atoms with E-state index in [-0.39, 0.29) is 0 Å². The number of hydrogen-bond acceptors (Lipinski definition) is 2. The van der Waals surface area contributed by atoms with Crippen LogP contribution in [0.4, 0.5) is 27.6 Å². The van der Waals surface area contributed by atoms with Crippen molar-refractivity contribution in [2.24, 2.45) is 5.10 Å². The molecule has 0 saturated heterocycles. The van der Waals surface area contributed by atoms with Gasteiger partial charge < -0.3 is 0 Å².